The molecule has 1 heterocycles. The van der Waals surface area contributed by atoms with Crippen LogP contribution in [0.4, 0.5) is 0 Å². The first kappa shape index (κ1) is 29.6. The number of nitrogens with zero attached hydrogens (tertiary/aromatic N) is 1. The first-order valence-electron chi connectivity index (χ1n) is 12.3. The third-order valence-electron chi connectivity index (χ3n) is 5.48. The molecule has 2 aromatic carbocycles. The number of imidazole rings is 1. The van der Waals surface area contributed by atoms with E-state index in [4.69, 9.17) is 14.5 Å². The van der Waals surface area contributed by atoms with Gasteiger partial charge in [0.25, 0.3) is 0 Å². The van der Waals surface area contributed by atoms with Gasteiger partial charge in [-0.3, -0.25) is 0 Å². The summed E-state index contributed by atoms with van der Waals surface area (Å²) in [5, 5.41) is 2.31. The number of hydrogen-bond acceptors (Lipinski definition) is 3. The van der Waals surface area contributed by atoms with Gasteiger partial charge in [0.15, 0.2) is 0 Å². The fourth-order valence-electron chi connectivity index (χ4n) is 3.31. The maximum atomic E-state index is 8.81. The van der Waals surface area contributed by atoms with Crippen LogP contribution in [0.2, 0.25) is 0 Å². The molecule has 3 rings (SSSR count). The highest BCUT2D eigenvalue weighted by molar-refractivity contribution is 5.90. The minimum atomic E-state index is -0.0353. The summed E-state index contributed by atoms with van der Waals surface area (Å²) in [6.07, 6.45) is 11.0. The number of nitrogens with one attached hydrogen (secondary N) is 1. The third-order valence-corrected chi connectivity index (χ3v) is 5.48. The zero-order valence-electron chi connectivity index (χ0n) is 22.7. The number of carbonyl (C=O) groups excluding carboxylic acids is 1. The number of carbonyl (C=O) groups is 1. The second kappa shape index (κ2) is 14.8. The van der Waals surface area contributed by atoms with Gasteiger partial charge in [-0.25, -0.2) is 4.98 Å². The smallest absolute Gasteiger partial charge is 0.119 e. The van der Waals surface area contributed by atoms with Gasteiger partial charge in [0.05, 0.1) is 18.5 Å². The number of fused-ring (bicyclic) bond motifs is 1. The van der Waals surface area contributed by atoms with Crippen LogP contribution in [0.25, 0.3) is 27.6 Å². The molecule has 1 N–H and O–H groups in total. The Hall–Kier alpha value is -3.40. The molecule has 0 fully saturated rings. The number of allylic oxidation sites excluding steroid dienone is 5. The van der Waals surface area contributed by atoms with Crippen LogP contribution in [0, 0.1) is 0 Å². The summed E-state index contributed by atoms with van der Waals surface area (Å²) in [5.41, 5.74) is 4.11. The molecule has 0 spiro atoms. The van der Waals surface area contributed by atoms with Crippen molar-refractivity contribution in [3.63, 3.8) is 0 Å². The Balaban J connectivity index is 0.000000926. The molecule has 0 aliphatic rings. The van der Waals surface area contributed by atoms with E-state index >= 15 is 0 Å². The average Bonchev–Trinajstić information content (AvgIpc) is 3.30. The molecule has 0 radical (unpaired) electrons. The van der Waals surface area contributed by atoms with Crippen molar-refractivity contribution < 1.29 is 9.53 Å². The lowest BCUT2D eigenvalue weighted by atomic mass is 9.89. The summed E-state index contributed by atoms with van der Waals surface area (Å²) in [5.74, 6) is 1.86. The molecule has 4 nitrogen and oxygen atoms in total. The lowest BCUT2D eigenvalue weighted by Gasteiger charge is -2.19. The topological polar surface area (TPSA) is 55.0 Å². The van der Waals surface area contributed by atoms with Crippen LogP contribution in [-0.2, 0) is 10.2 Å². The molecule has 0 atom stereocenters. The summed E-state index contributed by atoms with van der Waals surface area (Å²) in [7, 11) is 1.69. The van der Waals surface area contributed by atoms with Crippen LogP contribution >= 0.6 is 0 Å². The number of aromatic nitrogens is 2. The lowest BCUT2D eigenvalue weighted by Crippen LogP contribution is -2.17. The molecular formula is C31H42N2O2. The second-order valence-electron chi connectivity index (χ2n) is 8.77. The standard InChI is InChI=1S/C26H30N2O.C3H8.C2H4O/c1-7-10-18(11-8-2)23-24(28-25(27-23)26(4,5)9-3)21-13-12-20-17-22(29-6)15-14-19(20)16-21;1-3-2;1-2-3/h7-8,10-17H,1,9H2,2-6H3,(H,27,28);3H2,1-2H3;2H,1H3/b11-8-,18-10+;;. The average molecular weight is 475 g/mol. The molecule has 0 aliphatic heterocycles. The van der Waals surface area contributed by atoms with Crippen LogP contribution in [0.15, 0.2) is 67.3 Å². The monoisotopic (exact) mass is 474 g/mol. The number of aromatic amines is 1. The predicted molar refractivity (Wildman–Crippen MR) is 152 cm³/mol. The molecule has 0 aliphatic carbocycles. The van der Waals surface area contributed by atoms with Gasteiger partial charge in [0.1, 0.15) is 17.9 Å². The minimum absolute atomic E-state index is 0.0353. The van der Waals surface area contributed by atoms with Crippen LogP contribution in [-0.4, -0.2) is 23.4 Å². The third kappa shape index (κ3) is 8.10. The van der Waals surface area contributed by atoms with Gasteiger partial charge in [0, 0.05) is 11.0 Å². The van der Waals surface area contributed by atoms with Crippen molar-refractivity contribution in [3.8, 4) is 17.0 Å². The minimum Gasteiger partial charge on any atom is -0.497 e. The molecule has 35 heavy (non-hydrogen) atoms. The largest absolute Gasteiger partial charge is 0.497 e. The number of ether oxygens (including phenoxy) is 1. The van der Waals surface area contributed by atoms with E-state index in [1.807, 2.05) is 31.2 Å². The van der Waals surface area contributed by atoms with Gasteiger partial charge in [-0.1, -0.05) is 90.1 Å². The SMILES string of the molecule is C=C/C=C(\C=C/C)c1[nH]c(C(C)(C)CC)nc1-c1ccc2cc(OC)ccc2c1.CC=O.CCC. The summed E-state index contributed by atoms with van der Waals surface area (Å²) < 4.78 is 5.35. The van der Waals surface area contributed by atoms with E-state index in [2.05, 4.69) is 82.6 Å². The van der Waals surface area contributed by atoms with E-state index in [9.17, 15) is 0 Å². The Morgan fingerprint density at radius 2 is 1.69 bits per heavy atom. The quantitative estimate of drug-likeness (QED) is 0.275. The van der Waals surface area contributed by atoms with Crippen molar-refractivity contribution in [1.82, 2.24) is 9.97 Å². The Kier molecular flexibility index (Phi) is 12.5. The maximum Gasteiger partial charge on any atom is 0.119 e. The molecule has 0 saturated heterocycles. The summed E-state index contributed by atoms with van der Waals surface area (Å²) >= 11 is 0. The van der Waals surface area contributed by atoms with Crippen molar-refractivity contribution in [2.24, 2.45) is 0 Å². The molecule has 0 bridgehead atoms. The maximum absolute atomic E-state index is 8.81. The molecule has 1 aromatic heterocycles. The summed E-state index contributed by atoms with van der Waals surface area (Å²) in [4.78, 5) is 17.5. The highest BCUT2D eigenvalue weighted by atomic mass is 16.5. The molecule has 0 amide bonds. The molecule has 188 valence electrons. The van der Waals surface area contributed by atoms with Crippen molar-refractivity contribution in [2.45, 2.75) is 66.7 Å². The van der Waals surface area contributed by atoms with E-state index in [1.165, 1.54) is 13.3 Å². The van der Waals surface area contributed by atoms with Gasteiger partial charge in [0.2, 0.25) is 0 Å². The van der Waals surface area contributed by atoms with Crippen LogP contribution < -0.4 is 4.74 Å². The fourth-order valence-corrected chi connectivity index (χ4v) is 3.31. The number of H-pyrrole nitrogens is 1. The van der Waals surface area contributed by atoms with Crippen molar-refractivity contribution in [3.05, 3.63) is 78.8 Å². The normalized spacial score (nSPS) is 11.4. The summed E-state index contributed by atoms with van der Waals surface area (Å²) in [6, 6.07) is 12.6. The van der Waals surface area contributed by atoms with Crippen LogP contribution in [0.5, 0.6) is 5.75 Å². The molecule has 0 saturated carbocycles. The summed E-state index contributed by atoms with van der Waals surface area (Å²) in [6.45, 7) is 18.2. The number of rotatable bonds is 7. The fraction of sp³-hybridized carbons (Fsp3) is 0.355. The molecule has 0 unspecified atom stereocenters. The lowest BCUT2D eigenvalue weighted by molar-refractivity contribution is -0.106. The number of aldehydes is 1. The van der Waals surface area contributed by atoms with E-state index in [-0.39, 0.29) is 5.41 Å². The van der Waals surface area contributed by atoms with Crippen molar-refractivity contribution in [1.29, 1.82) is 0 Å². The highest BCUT2D eigenvalue weighted by Gasteiger charge is 2.25. The van der Waals surface area contributed by atoms with E-state index in [0.29, 0.717) is 0 Å². The van der Waals surface area contributed by atoms with Gasteiger partial charge in [-0.05, 0) is 54.8 Å². The first-order chi connectivity index (χ1) is 16.8. The molecular weight excluding hydrogens is 432 g/mol. The Bertz CT molecular complexity index is 1150. The van der Waals surface area contributed by atoms with E-state index < -0.39 is 0 Å². The predicted octanol–water partition coefficient (Wildman–Crippen LogP) is 8.69. The Morgan fingerprint density at radius 1 is 1.09 bits per heavy atom. The van der Waals surface area contributed by atoms with E-state index in [0.717, 1.165) is 57.6 Å². The highest BCUT2D eigenvalue weighted by Crippen LogP contribution is 2.34. The van der Waals surface area contributed by atoms with Crippen LogP contribution in [0.3, 0.4) is 0 Å². The van der Waals surface area contributed by atoms with Gasteiger partial charge in [-0.2, -0.15) is 0 Å². The van der Waals surface area contributed by atoms with Gasteiger partial charge in [-0.15, -0.1) is 0 Å². The second-order valence-corrected chi connectivity index (χ2v) is 8.77. The van der Waals surface area contributed by atoms with Gasteiger partial charge >= 0.3 is 0 Å². The number of benzene rings is 2. The van der Waals surface area contributed by atoms with Crippen molar-refractivity contribution >= 4 is 22.6 Å². The molecule has 4 heteroatoms. The number of hydrogen-bond donors (Lipinski definition) is 1. The van der Waals surface area contributed by atoms with Gasteiger partial charge < -0.3 is 14.5 Å². The van der Waals surface area contributed by atoms with Crippen LogP contribution in [0.1, 0.15) is 72.8 Å². The first-order valence-corrected chi connectivity index (χ1v) is 12.3. The van der Waals surface area contributed by atoms with E-state index in [1.54, 1.807) is 7.11 Å². The zero-order valence-corrected chi connectivity index (χ0v) is 22.7. The van der Waals surface area contributed by atoms with Crippen molar-refractivity contribution in [2.75, 3.05) is 7.11 Å². The zero-order chi connectivity index (χ0) is 26.4. The molecule has 3 aromatic rings. The Morgan fingerprint density at radius 3 is 2.23 bits per heavy atom. The Labute approximate surface area is 211 Å². The number of methoxy groups -OCH3 is 1.